The molecule has 1 amide bonds. The number of carbonyl (C=O) groups excluding carboxylic acids is 1. The molecule has 4 rings (SSSR count). The van der Waals surface area contributed by atoms with Gasteiger partial charge in [0.2, 0.25) is 0 Å². The van der Waals surface area contributed by atoms with Crippen LogP contribution in [-0.4, -0.2) is 54.1 Å². The van der Waals surface area contributed by atoms with Gasteiger partial charge in [-0.2, -0.15) is 0 Å². The van der Waals surface area contributed by atoms with Gasteiger partial charge in [0.15, 0.2) is 0 Å². The highest BCUT2D eigenvalue weighted by Gasteiger charge is 2.31. The number of furan rings is 1. The van der Waals surface area contributed by atoms with E-state index in [4.69, 9.17) is 9.15 Å². The Morgan fingerprint density at radius 1 is 1.11 bits per heavy atom. The zero-order chi connectivity index (χ0) is 18.5. The number of rotatable bonds is 6. The van der Waals surface area contributed by atoms with Gasteiger partial charge >= 0.3 is 0 Å². The third kappa shape index (κ3) is 4.60. The average molecular weight is 368 g/mol. The van der Waals surface area contributed by atoms with Gasteiger partial charge in [-0.05, 0) is 37.1 Å². The summed E-state index contributed by atoms with van der Waals surface area (Å²) in [5, 5.41) is 0. The summed E-state index contributed by atoms with van der Waals surface area (Å²) < 4.78 is 11.5. The van der Waals surface area contributed by atoms with Crippen LogP contribution in [0.5, 0.6) is 0 Å². The van der Waals surface area contributed by atoms with Gasteiger partial charge in [-0.1, -0.05) is 31.0 Å². The maximum atomic E-state index is 13.2. The number of ether oxygens (including phenoxy) is 1. The van der Waals surface area contributed by atoms with Crippen LogP contribution in [0.25, 0.3) is 0 Å². The molecule has 1 saturated heterocycles. The summed E-state index contributed by atoms with van der Waals surface area (Å²) in [7, 11) is 0. The Bertz CT molecular complexity index is 710. The van der Waals surface area contributed by atoms with Gasteiger partial charge in [0.1, 0.15) is 5.76 Å². The van der Waals surface area contributed by atoms with Crippen molar-refractivity contribution >= 4 is 5.91 Å². The third-order valence-electron chi connectivity index (χ3n) is 5.63. The molecule has 1 aromatic heterocycles. The van der Waals surface area contributed by atoms with Crippen LogP contribution in [0.3, 0.4) is 0 Å². The van der Waals surface area contributed by atoms with Crippen LogP contribution in [0.1, 0.15) is 41.8 Å². The van der Waals surface area contributed by atoms with Gasteiger partial charge in [-0.15, -0.1) is 0 Å². The molecule has 2 fully saturated rings. The molecule has 5 heteroatoms. The van der Waals surface area contributed by atoms with Gasteiger partial charge < -0.3 is 14.1 Å². The highest BCUT2D eigenvalue weighted by atomic mass is 16.5. The van der Waals surface area contributed by atoms with E-state index < -0.39 is 0 Å². The normalized spacial score (nSPS) is 21.4. The van der Waals surface area contributed by atoms with Crippen LogP contribution in [0.4, 0.5) is 0 Å². The lowest BCUT2D eigenvalue weighted by Gasteiger charge is -2.37. The number of amides is 1. The first-order valence-corrected chi connectivity index (χ1v) is 10.0. The third-order valence-corrected chi connectivity index (χ3v) is 5.63. The van der Waals surface area contributed by atoms with Crippen molar-refractivity contribution in [1.82, 2.24) is 9.80 Å². The van der Waals surface area contributed by atoms with Crippen molar-refractivity contribution in [3.05, 3.63) is 60.1 Å². The summed E-state index contributed by atoms with van der Waals surface area (Å²) >= 11 is 0. The number of benzene rings is 1. The number of morpholine rings is 1. The fraction of sp³-hybridized carbons (Fsp3) is 0.500. The maximum absolute atomic E-state index is 13.2. The predicted octanol–water partition coefficient (Wildman–Crippen LogP) is 3.57. The summed E-state index contributed by atoms with van der Waals surface area (Å²) in [5.41, 5.74) is 0.771. The summed E-state index contributed by atoms with van der Waals surface area (Å²) in [6, 6.07) is 13.9. The van der Waals surface area contributed by atoms with E-state index in [2.05, 4.69) is 9.80 Å². The second kappa shape index (κ2) is 8.72. The van der Waals surface area contributed by atoms with Crippen molar-refractivity contribution in [2.24, 2.45) is 0 Å². The highest BCUT2D eigenvalue weighted by molar-refractivity contribution is 5.94. The molecule has 2 aliphatic rings. The highest BCUT2D eigenvalue weighted by Crippen LogP contribution is 2.26. The van der Waals surface area contributed by atoms with Crippen molar-refractivity contribution in [3.8, 4) is 0 Å². The maximum Gasteiger partial charge on any atom is 0.254 e. The molecule has 0 bridgehead atoms. The van der Waals surface area contributed by atoms with E-state index >= 15 is 0 Å². The van der Waals surface area contributed by atoms with Gasteiger partial charge in [-0.3, -0.25) is 9.69 Å². The SMILES string of the molecule is O=C(c1ccccc1)N(CC1CN(Cc2ccco2)CCO1)C1CCCC1. The van der Waals surface area contributed by atoms with Crippen molar-refractivity contribution in [1.29, 1.82) is 0 Å². The Morgan fingerprint density at radius 2 is 1.93 bits per heavy atom. The Hall–Kier alpha value is -2.11. The molecule has 5 nitrogen and oxygen atoms in total. The lowest BCUT2D eigenvalue weighted by Crippen LogP contribution is -2.50. The van der Waals surface area contributed by atoms with Gasteiger partial charge in [-0.25, -0.2) is 0 Å². The van der Waals surface area contributed by atoms with E-state index in [9.17, 15) is 4.79 Å². The molecule has 2 heterocycles. The quantitative estimate of drug-likeness (QED) is 0.782. The minimum Gasteiger partial charge on any atom is -0.468 e. The van der Waals surface area contributed by atoms with Crippen LogP contribution in [0.15, 0.2) is 53.1 Å². The molecular weight excluding hydrogens is 340 g/mol. The fourth-order valence-electron chi connectivity index (χ4n) is 4.24. The van der Waals surface area contributed by atoms with E-state index in [0.29, 0.717) is 19.2 Å². The van der Waals surface area contributed by atoms with Crippen LogP contribution >= 0.6 is 0 Å². The molecule has 144 valence electrons. The molecule has 0 N–H and O–H groups in total. The minimum atomic E-state index is 0.0435. The van der Waals surface area contributed by atoms with E-state index in [1.165, 1.54) is 12.8 Å². The van der Waals surface area contributed by atoms with E-state index in [1.54, 1.807) is 6.26 Å². The first kappa shape index (κ1) is 18.3. The Morgan fingerprint density at radius 3 is 2.67 bits per heavy atom. The molecular formula is C22H28N2O3. The van der Waals surface area contributed by atoms with Crippen molar-refractivity contribution in [2.45, 2.75) is 44.4 Å². The first-order valence-electron chi connectivity index (χ1n) is 10.0. The lowest BCUT2D eigenvalue weighted by molar-refractivity contribution is -0.0482. The molecule has 1 atom stereocenters. The van der Waals surface area contributed by atoms with Gasteiger partial charge in [0.25, 0.3) is 5.91 Å². The molecule has 0 spiro atoms. The van der Waals surface area contributed by atoms with Gasteiger partial charge in [0.05, 0.1) is 25.5 Å². The number of hydrogen-bond acceptors (Lipinski definition) is 4. The Kier molecular flexibility index (Phi) is 5.90. The molecule has 27 heavy (non-hydrogen) atoms. The van der Waals surface area contributed by atoms with Crippen LogP contribution in [-0.2, 0) is 11.3 Å². The molecule has 1 aromatic carbocycles. The largest absolute Gasteiger partial charge is 0.468 e. The molecule has 1 aliphatic heterocycles. The molecule has 1 unspecified atom stereocenters. The Labute approximate surface area is 160 Å². The summed E-state index contributed by atoms with van der Waals surface area (Å²) in [6.07, 6.45) is 6.37. The number of nitrogens with zero attached hydrogens (tertiary/aromatic N) is 2. The van der Waals surface area contributed by atoms with Crippen molar-refractivity contribution in [3.63, 3.8) is 0 Å². The second-order valence-corrected chi connectivity index (χ2v) is 7.57. The smallest absolute Gasteiger partial charge is 0.254 e. The van der Waals surface area contributed by atoms with Crippen molar-refractivity contribution < 1.29 is 13.9 Å². The zero-order valence-corrected chi connectivity index (χ0v) is 15.8. The topological polar surface area (TPSA) is 45.9 Å². The average Bonchev–Trinajstić information content (AvgIpc) is 3.41. The van der Waals surface area contributed by atoms with Crippen molar-refractivity contribution in [2.75, 3.05) is 26.2 Å². The van der Waals surface area contributed by atoms with Gasteiger partial charge in [0, 0.05) is 31.2 Å². The molecule has 1 saturated carbocycles. The van der Waals surface area contributed by atoms with Crippen LogP contribution < -0.4 is 0 Å². The van der Waals surface area contributed by atoms with Crippen LogP contribution in [0, 0.1) is 0 Å². The fourth-order valence-corrected chi connectivity index (χ4v) is 4.24. The standard InChI is InChI=1S/C22H28N2O3/c25-22(18-7-2-1-3-8-18)24(19-9-4-5-10-19)17-21-16-23(12-14-27-21)15-20-11-6-13-26-20/h1-3,6-8,11,13,19,21H,4-5,9-10,12,14-17H2. The monoisotopic (exact) mass is 368 g/mol. The van der Waals surface area contributed by atoms with E-state index in [0.717, 1.165) is 43.8 Å². The summed E-state index contributed by atoms with van der Waals surface area (Å²) in [6.45, 7) is 3.87. The molecule has 2 aromatic rings. The van der Waals surface area contributed by atoms with E-state index in [1.807, 2.05) is 42.5 Å². The second-order valence-electron chi connectivity index (χ2n) is 7.57. The first-order chi connectivity index (χ1) is 13.3. The molecule has 1 aliphatic carbocycles. The Balaban J connectivity index is 1.43. The summed E-state index contributed by atoms with van der Waals surface area (Å²) in [5.74, 6) is 1.11. The molecule has 0 radical (unpaired) electrons. The van der Waals surface area contributed by atoms with E-state index in [-0.39, 0.29) is 12.0 Å². The predicted molar refractivity (Wildman–Crippen MR) is 103 cm³/mol. The number of hydrogen-bond donors (Lipinski definition) is 0. The lowest BCUT2D eigenvalue weighted by atomic mass is 10.1. The minimum absolute atomic E-state index is 0.0435. The number of carbonyl (C=O) groups is 1. The zero-order valence-electron chi connectivity index (χ0n) is 15.8. The summed E-state index contributed by atoms with van der Waals surface area (Å²) in [4.78, 5) is 17.6. The van der Waals surface area contributed by atoms with Crippen LogP contribution in [0.2, 0.25) is 0 Å².